The molecule has 2 N–H and O–H groups in total. The van der Waals surface area contributed by atoms with Gasteiger partial charge in [-0.1, -0.05) is 0 Å². The van der Waals surface area contributed by atoms with Gasteiger partial charge in [-0.3, -0.25) is 0 Å². The van der Waals surface area contributed by atoms with E-state index in [1.165, 1.54) is 14.3 Å². The first kappa shape index (κ1) is 12.4. The van der Waals surface area contributed by atoms with E-state index >= 15 is 0 Å². The van der Waals surface area contributed by atoms with Crippen LogP contribution in [0, 0.1) is 0 Å². The second kappa shape index (κ2) is 6.02. The van der Waals surface area contributed by atoms with Gasteiger partial charge in [0.15, 0.2) is 5.96 Å². The highest BCUT2D eigenvalue weighted by Crippen LogP contribution is 2.30. The third-order valence-electron chi connectivity index (χ3n) is 2.27. The lowest BCUT2D eigenvalue weighted by Crippen LogP contribution is -2.36. The molecule has 2 aromatic heterocycles. The molecule has 0 bridgehead atoms. The fourth-order valence-electron chi connectivity index (χ4n) is 1.56. The van der Waals surface area contributed by atoms with Gasteiger partial charge < -0.3 is 10.6 Å². The van der Waals surface area contributed by atoms with Crippen LogP contribution in [-0.2, 0) is 6.54 Å². The molecular formula is C12H17N3S2. The van der Waals surface area contributed by atoms with Gasteiger partial charge in [0.25, 0.3) is 0 Å². The summed E-state index contributed by atoms with van der Waals surface area (Å²) in [6, 6.07) is 4.41. The second-order valence-corrected chi connectivity index (χ2v) is 5.70. The summed E-state index contributed by atoms with van der Waals surface area (Å²) in [7, 11) is 0. The van der Waals surface area contributed by atoms with Crippen molar-refractivity contribution in [3.8, 4) is 0 Å². The van der Waals surface area contributed by atoms with Crippen LogP contribution in [0.25, 0.3) is 9.40 Å². The van der Waals surface area contributed by atoms with Gasteiger partial charge in [-0.05, 0) is 31.4 Å². The van der Waals surface area contributed by atoms with Crippen LogP contribution < -0.4 is 10.6 Å². The second-order valence-electron chi connectivity index (χ2n) is 3.59. The van der Waals surface area contributed by atoms with Crippen LogP contribution >= 0.6 is 22.7 Å². The molecule has 0 spiro atoms. The van der Waals surface area contributed by atoms with Gasteiger partial charge in [0.1, 0.15) is 0 Å². The molecule has 0 amide bonds. The smallest absolute Gasteiger partial charge is 0.191 e. The number of aliphatic imine (C=N–C) groups is 1. The van der Waals surface area contributed by atoms with Crippen molar-refractivity contribution in [1.29, 1.82) is 0 Å². The first-order chi connectivity index (χ1) is 8.33. The molecule has 0 radical (unpaired) electrons. The molecule has 0 aliphatic heterocycles. The first-order valence-electron chi connectivity index (χ1n) is 5.81. The van der Waals surface area contributed by atoms with Crippen molar-refractivity contribution in [2.75, 3.05) is 13.1 Å². The van der Waals surface area contributed by atoms with Gasteiger partial charge in [0.05, 0.1) is 6.54 Å². The number of nitrogens with one attached hydrogen (secondary N) is 2. The summed E-state index contributed by atoms with van der Waals surface area (Å²) in [5, 5.41) is 8.59. The monoisotopic (exact) mass is 267 g/mol. The van der Waals surface area contributed by atoms with Crippen molar-refractivity contribution in [3.63, 3.8) is 0 Å². The number of thiophene rings is 2. The lowest BCUT2D eigenvalue weighted by molar-refractivity contribution is 0.841. The number of guanidine groups is 1. The maximum Gasteiger partial charge on any atom is 0.191 e. The number of nitrogens with zero attached hydrogens (tertiary/aromatic N) is 1. The standard InChI is InChI=1S/C12H17N3S2/c1-3-13-12(14-4-2)15-8-9-7-11-10(17-9)5-6-16-11/h5-7H,3-4,8H2,1-2H3,(H2,13,14,15). The van der Waals surface area contributed by atoms with E-state index < -0.39 is 0 Å². The predicted molar refractivity (Wildman–Crippen MR) is 78.2 cm³/mol. The molecule has 92 valence electrons. The normalized spacial score (nSPS) is 10.5. The van der Waals surface area contributed by atoms with Crippen molar-refractivity contribution >= 4 is 38.0 Å². The van der Waals surface area contributed by atoms with E-state index in [0.717, 1.165) is 25.6 Å². The van der Waals surface area contributed by atoms with E-state index in [2.05, 4.69) is 47.0 Å². The lowest BCUT2D eigenvalue weighted by atomic mass is 10.4. The average molecular weight is 267 g/mol. The van der Waals surface area contributed by atoms with E-state index in [4.69, 9.17) is 0 Å². The van der Waals surface area contributed by atoms with Crippen LogP contribution in [0.3, 0.4) is 0 Å². The zero-order chi connectivity index (χ0) is 12.1. The summed E-state index contributed by atoms with van der Waals surface area (Å²) in [5.41, 5.74) is 0. The maximum atomic E-state index is 4.56. The van der Waals surface area contributed by atoms with E-state index in [9.17, 15) is 0 Å². The third-order valence-corrected chi connectivity index (χ3v) is 4.35. The van der Waals surface area contributed by atoms with E-state index in [0.29, 0.717) is 0 Å². The van der Waals surface area contributed by atoms with Crippen LogP contribution in [0.1, 0.15) is 18.7 Å². The number of rotatable bonds is 4. The van der Waals surface area contributed by atoms with E-state index in [1.54, 1.807) is 11.3 Å². The quantitative estimate of drug-likeness (QED) is 0.660. The molecule has 0 fully saturated rings. The van der Waals surface area contributed by atoms with Crippen LogP contribution in [0.15, 0.2) is 22.5 Å². The zero-order valence-corrected chi connectivity index (χ0v) is 11.8. The molecule has 3 nitrogen and oxygen atoms in total. The molecule has 0 atom stereocenters. The fourth-order valence-corrected chi connectivity index (χ4v) is 3.62. The van der Waals surface area contributed by atoms with E-state index in [1.807, 2.05) is 11.3 Å². The number of fused-ring (bicyclic) bond motifs is 1. The predicted octanol–water partition coefficient (Wildman–Crippen LogP) is 3.04. The largest absolute Gasteiger partial charge is 0.357 e. The molecule has 2 heterocycles. The summed E-state index contributed by atoms with van der Waals surface area (Å²) < 4.78 is 2.74. The highest BCUT2D eigenvalue weighted by atomic mass is 32.1. The molecule has 2 aromatic rings. The van der Waals surface area contributed by atoms with E-state index in [-0.39, 0.29) is 0 Å². The third kappa shape index (κ3) is 3.20. The van der Waals surface area contributed by atoms with Gasteiger partial charge in [0.2, 0.25) is 0 Å². The highest BCUT2D eigenvalue weighted by molar-refractivity contribution is 7.26. The molecule has 0 unspecified atom stereocenters. The summed E-state index contributed by atoms with van der Waals surface area (Å²) >= 11 is 3.62. The Morgan fingerprint density at radius 3 is 2.65 bits per heavy atom. The Morgan fingerprint density at radius 1 is 1.24 bits per heavy atom. The summed E-state index contributed by atoms with van der Waals surface area (Å²) in [6.45, 7) is 6.69. The molecule has 0 aliphatic rings. The molecule has 0 aliphatic carbocycles. The van der Waals surface area contributed by atoms with Crippen molar-refractivity contribution in [1.82, 2.24) is 10.6 Å². The lowest BCUT2D eigenvalue weighted by Gasteiger charge is -2.08. The zero-order valence-electron chi connectivity index (χ0n) is 10.1. The van der Waals surface area contributed by atoms with Crippen molar-refractivity contribution < 1.29 is 0 Å². The van der Waals surface area contributed by atoms with Gasteiger partial charge in [-0.15, -0.1) is 22.7 Å². The molecular weight excluding hydrogens is 250 g/mol. The molecule has 17 heavy (non-hydrogen) atoms. The van der Waals surface area contributed by atoms with Crippen molar-refractivity contribution in [2.24, 2.45) is 4.99 Å². The van der Waals surface area contributed by atoms with Crippen molar-refractivity contribution in [2.45, 2.75) is 20.4 Å². The SMILES string of the molecule is CCNC(=NCc1cc2sccc2s1)NCC. The van der Waals surface area contributed by atoms with Gasteiger partial charge in [0, 0.05) is 27.4 Å². The summed E-state index contributed by atoms with van der Waals surface area (Å²) in [5.74, 6) is 0.895. The Kier molecular flexibility index (Phi) is 4.39. The number of hydrogen-bond donors (Lipinski definition) is 2. The molecule has 0 saturated heterocycles. The van der Waals surface area contributed by atoms with Crippen molar-refractivity contribution in [3.05, 3.63) is 22.4 Å². The van der Waals surface area contributed by atoms with Gasteiger partial charge in [-0.25, -0.2) is 4.99 Å². The van der Waals surface area contributed by atoms with Crippen LogP contribution in [0.4, 0.5) is 0 Å². The first-order valence-corrected chi connectivity index (χ1v) is 7.51. The fraction of sp³-hybridized carbons (Fsp3) is 0.417. The Morgan fingerprint density at radius 2 is 2.00 bits per heavy atom. The minimum Gasteiger partial charge on any atom is -0.357 e. The van der Waals surface area contributed by atoms with Crippen LogP contribution in [-0.4, -0.2) is 19.0 Å². The van der Waals surface area contributed by atoms with Crippen LogP contribution in [0.2, 0.25) is 0 Å². The Hall–Kier alpha value is -1.07. The Labute approximate surface area is 110 Å². The molecule has 5 heteroatoms. The highest BCUT2D eigenvalue weighted by Gasteiger charge is 2.02. The summed E-state index contributed by atoms with van der Waals surface area (Å²) in [4.78, 5) is 5.88. The maximum absolute atomic E-state index is 4.56. The molecule has 0 saturated carbocycles. The summed E-state index contributed by atoms with van der Waals surface area (Å²) in [6.07, 6.45) is 0. The molecule has 0 aromatic carbocycles. The minimum absolute atomic E-state index is 0.751. The van der Waals surface area contributed by atoms with Gasteiger partial charge >= 0.3 is 0 Å². The van der Waals surface area contributed by atoms with Crippen LogP contribution in [0.5, 0.6) is 0 Å². The van der Waals surface area contributed by atoms with Gasteiger partial charge in [-0.2, -0.15) is 0 Å². The Bertz CT molecular complexity index is 462. The minimum atomic E-state index is 0.751. The topological polar surface area (TPSA) is 36.4 Å². The molecule has 2 rings (SSSR count). The number of hydrogen-bond acceptors (Lipinski definition) is 3. The average Bonchev–Trinajstić information content (AvgIpc) is 2.86. The Balaban J connectivity index is 2.04.